The smallest absolute Gasteiger partial charge is 0.417 e. The number of hydrogen-bond donors (Lipinski definition) is 2. The van der Waals surface area contributed by atoms with Crippen LogP contribution >= 0.6 is 11.6 Å². The fourth-order valence-corrected chi connectivity index (χ4v) is 2.39. The van der Waals surface area contributed by atoms with E-state index in [9.17, 15) is 27.6 Å². The van der Waals surface area contributed by atoms with Gasteiger partial charge in [0.25, 0.3) is 5.91 Å². The van der Waals surface area contributed by atoms with Gasteiger partial charge in [-0.3, -0.25) is 9.59 Å². The molecule has 1 aliphatic heterocycles. The van der Waals surface area contributed by atoms with E-state index in [1.165, 1.54) is 13.0 Å². The Morgan fingerprint density at radius 1 is 1.40 bits per heavy atom. The number of anilines is 1. The van der Waals surface area contributed by atoms with Gasteiger partial charge in [0.2, 0.25) is 5.91 Å². The number of esters is 1. The first-order chi connectivity index (χ1) is 11.6. The molecule has 136 valence electrons. The highest BCUT2D eigenvalue weighted by Crippen LogP contribution is 2.36. The Kier molecular flexibility index (Phi) is 5.56. The second kappa shape index (κ2) is 7.30. The Balaban J connectivity index is 1.99. The van der Waals surface area contributed by atoms with Gasteiger partial charge in [0.05, 0.1) is 10.6 Å². The molecule has 10 heteroatoms. The maximum atomic E-state index is 12.8. The zero-order valence-electron chi connectivity index (χ0n) is 12.9. The van der Waals surface area contributed by atoms with Crippen LogP contribution in [0.5, 0.6) is 0 Å². The van der Waals surface area contributed by atoms with Crippen LogP contribution < -0.4 is 10.6 Å². The van der Waals surface area contributed by atoms with E-state index in [0.29, 0.717) is 6.07 Å². The number of alkyl halides is 3. The molecule has 2 amide bonds. The fraction of sp³-hybridized carbons (Fsp3) is 0.400. The highest BCUT2D eigenvalue weighted by Gasteiger charge is 2.34. The van der Waals surface area contributed by atoms with Gasteiger partial charge in [-0.05, 0) is 31.5 Å². The molecule has 25 heavy (non-hydrogen) atoms. The normalized spacial score (nSPS) is 18.4. The van der Waals surface area contributed by atoms with Crippen LogP contribution in [0.2, 0.25) is 5.02 Å². The van der Waals surface area contributed by atoms with Crippen molar-refractivity contribution in [1.82, 2.24) is 5.32 Å². The van der Waals surface area contributed by atoms with Crippen LogP contribution in [-0.4, -0.2) is 29.9 Å². The molecule has 0 saturated carbocycles. The number of benzene rings is 1. The van der Waals surface area contributed by atoms with E-state index in [0.717, 1.165) is 6.07 Å². The average molecular weight is 379 g/mol. The van der Waals surface area contributed by atoms with Gasteiger partial charge in [-0.25, -0.2) is 4.79 Å². The maximum Gasteiger partial charge on any atom is 0.417 e. The van der Waals surface area contributed by atoms with Gasteiger partial charge in [0, 0.05) is 12.1 Å². The molecule has 6 nitrogen and oxygen atoms in total. The molecule has 0 spiro atoms. The minimum atomic E-state index is -4.67. The van der Waals surface area contributed by atoms with Crippen LogP contribution in [-0.2, 0) is 25.3 Å². The van der Waals surface area contributed by atoms with Gasteiger partial charge in [-0.1, -0.05) is 11.6 Å². The summed E-state index contributed by atoms with van der Waals surface area (Å²) in [6.45, 7) is 1.27. The van der Waals surface area contributed by atoms with Crippen molar-refractivity contribution in [3.63, 3.8) is 0 Å². The Labute approximate surface area is 145 Å². The van der Waals surface area contributed by atoms with Gasteiger partial charge >= 0.3 is 12.1 Å². The average Bonchev–Trinajstić information content (AvgIpc) is 2.94. The lowest BCUT2D eigenvalue weighted by atomic mass is 10.2. The minimum Gasteiger partial charge on any atom is -0.451 e. The van der Waals surface area contributed by atoms with Gasteiger partial charge in [-0.15, -0.1) is 0 Å². The summed E-state index contributed by atoms with van der Waals surface area (Å²) in [6, 6.07) is 2.06. The summed E-state index contributed by atoms with van der Waals surface area (Å²) >= 11 is 5.50. The zero-order valence-corrected chi connectivity index (χ0v) is 13.7. The quantitative estimate of drug-likeness (QED) is 0.788. The number of amides is 2. The van der Waals surface area contributed by atoms with E-state index < -0.39 is 40.8 Å². The summed E-state index contributed by atoms with van der Waals surface area (Å²) in [5.74, 6) is -1.88. The number of hydrogen-bond acceptors (Lipinski definition) is 4. The van der Waals surface area contributed by atoms with E-state index in [-0.39, 0.29) is 24.4 Å². The first kappa shape index (κ1) is 19.0. The number of nitrogens with one attached hydrogen (secondary N) is 2. The van der Waals surface area contributed by atoms with Crippen LogP contribution in [0, 0.1) is 0 Å². The lowest BCUT2D eigenvalue weighted by Crippen LogP contribution is -2.39. The van der Waals surface area contributed by atoms with Crippen molar-refractivity contribution in [3.8, 4) is 0 Å². The van der Waals surface area contributed by atoms with Crippen LogP contribution in [0.15, 0.2) is 18.2 Å². The molecular formula is C15H14ClF3N2O4. The summed E-state index contributed by atoms with van der Waals surface area (Å²) in [5.41, 5.74) is -1.23. The summed E-state index contributed by atoms with van der Waals surface area (Å²) < 4.78 is 43.3. The highest BCUT2D eigenvalue weighted by molar-refractivity contribution is 6.31. The van der Waals surface area contributed by atoms with Crippen LogP contribution in [0.1, 0.15) is 25.3 Å². The Bertz CT molecular complexity index is 709. The third kappa shape index (κ3) is 4.85. The van der Waals surface area contributed by atoms with E-state index in [2.05, 4.69) is 10.6 Å². The Hall–Kier alpha value is -2.29. The van der Waals surface area contributed by atoms with E-state index >= 15 is 0 Å². The molecule has 1 saturated heterocycles. The monoisotopic (exact) mass is 378 g/mol. The van der Waals surface area contributed by atoms with Crippen molar-refractivity contribution in [3.05, 3.63) is 28.8 Å². The van der Waals surface area contributed by atoms with E-state index in [1.807, 2.05) is 0 Å². The van der Waals surface area contributed by atoms with Crippen molar-refractivity contribution in [2.75, 3.05) is 5.32 Å². The third-order valence-electron chi connectivity index (χ3n) is 3.48. The molecule has 1 fully saturated rings. The predicted molar refractivity (Wildman–Crippen MR) is 81.8 cm³/mol. The number of rotatable bonds is 4. The number of carbonyl (C=O) groups is 3. The molecule has 2 atom stereocenters. The molecule has 0 aliphatic carbocycles. The Morgan fingerprint density at radius 2 is 2.08 bits per heavy atom. The van der Waals surface area contributed by atoms with Crippen LogP contribution in [0.3, 0.4) is 0 Å². The molecule has 0 radical (unpaired) electrons. The number of ether oxygens (including phenoxy) is 1. The minimum absolute atomic E-state index is 0.140. The summed E-state index contributed by atoms with van der Waals surface area (Å²) in [6.07, 6.45) is -5.48. The van der Waals surface area contributed by atoms with E-state index in [4.69, 9.17) is 16.3 Å². The van der Waals surface area contributed by atoms with Gasteiger partial charge in [0.1, 0.15) is 6.04 Å². The van der Waals surface area contributed by atoms with Crippen molar-refractivity contribution >= 4 is 35.1 Å². The van der Waals surface area contributed by atoms with Crippen molar-refractivity contribution in [1.29, 1.82) is 0 Å². The summed E-state index contributed by atoms with van der Waals surface area (Å²) in [5, 5.41) is 4.12. The number of halogens is 4. The van der Waals surface area contributed by atoms with Gasteiger partial charge in [0.15, 0.2) is 6.10 Å². The molecule has 2 rings (SSSR count). The molecule has 1 aliphatic rings. The molecule has 1 aromatic carbocycles. The first-order valence-electron chi connectivity index (χ1n) is 7.25. The lowest BCUT2D eigenvalue weighted by Gasteiger charge is -2.17. The molecule has 0 aromatic heterocycles. The fourth-order valence-electron chi connectivity index (χ4n) is 2.16. The van der Waals surface area contributed by atoms with Gasteiger partial charge in [-0.2, -0.15) is 13.2 Å². The predicted octanol–water partition coefficient (Wildman–Crippen LogP) is 2.51. The molecular weight excluding hydrogens is 365 g/mol. The van der Waals surface area contributed by atoms with Crippen LogP contribution in [0.25, 0.3) is 0 Å². The molecule has 2 unspecified atom stereocenters. The topological polar surface area (TPSA) is 84.5 Å². The standard InChI is InChI=1S/C15H14ClF3N2O4/c1-7(25-14(24)11-4-5-12(22)21-11)13(23)20-8-2-3-10(16)9(6-8)15(17,18)19/h2-3,6-7,11H,4-5H2,1H3,(H,20,23)(H,21,22). The second-order valence-corrected chi connectivity index (χ2v) is 5.83. The largest absolute Gasteiger partial charge is 0.451 e. The van der Waals surface area contributed by atoms with Crippen molar-refractivity contribution in [2.45, 2.75) is 38.1 Å². The van der Waals surface area contributed by atoms with E-state index in [1.54, 1.807) is 0 Å². The molecule has 0 bridgehead atoms. The van der Waals surface area contributed by atoms with Gasteiger partial charge < -0.3 is 15.4 Å². The summed E-state index contributed by atoms with van der Waals surface area (Å²) in [4.78, 5) is 34.8. The second-order valence-electron chi connectivity index (χ2n) is 5.42. The molecule has 1 heterocycles. The lowest BCUT2D eigenvalue weighted by molar-refractivity contribution is -0.155. The molecule has 1 aromatic rings. The zero-order chi connectivity index (χ0) is 18.8. The maximum absolute atomic E-state index is 12.8. The summed E-state index contributed by atoms with van der Waals surface area (Å²) in [7, 11) is 0. The van der Waals surface area contributed by atoms with Crippen LogP contribution in [0.4, 0.5) is 18.9 Å². The SMILES string of the molecule is CC(OC(=O)C1CCC(=O)N1)C(=O)Nc1ccc(Cl)c(C(F)(F)F)c1. The third-order valence-corrected chi connectivity index (χ3v) is 3.81. The van der Waals surface area contributed by atoms with Crippen molar-refractivity contribution in [2.24, 2.45) is 0 Å². The first-order valence-corrected chi connectivity index (χ1v) is 7.63. The number of carbonyl (C=O) groups excluding carboxylic acids is 3. The Morgan fingerprint density at radius 3 is 2.64 bits per heavy atom. The van der Waals surface area contributed by atoms with Crippen molar-refractivity contribution < 1.29 is 32.3 Å². The highest BCUT2D eigenvalue weighted by atomic mass is 35.5. The molecule has 2 N–H and O–H groups in total.